The van der Waals surface area contributed by atoms with Crippen molar-refractivity contribution in [3.05, 3.63) is 46.0 Å². The number of hydrogen-bond acceptors (Lipinski definition) is 4. The van der Waals surface area contributed by atoms with Gasteiger partial charge in [0.05, 0.1) is 18.9 Å². The lowest BCUT2D eigenvalue weighted by Gasteiger charge is -2.32. The lowest BCUT2D eigenvalue weighted by atomic mass is 10.2. The van der Waals surface area contributed by atoms with Gasteiger partial charge in [0.2, 0.25) is 0 Å². The molecule has 0 radical (unpaired) electrons. The van der Waals surface area contributed by atoms with Gasteiger partial charge in [-0.05, 0) is 25.5 Å². The van der Waals surface area contributed by atoms with Crippen molar-refractivity contribution in [1.82, 2.24) is 14.3 Å². The highest BCUT2D eigenvalue weighted by Gasteiger charge is 2.19. The number of pyridine rings is 1. The van der Waals surface area contributed by atoms with Gasteiger partial charge < -0.3 is 4.74 Å². The Bertz CT molecular complexity index is 680. The Hall–Kier alpha value is -1.72. The molecule has 1 saturated heterocycles. The molecular formula is C15H19N3O2. The van der Waals surface area contributed by atoms with Gasteiger partial charge in [-0.1, -0.05) is 6.07 Å². The summed E-state index contributed by atoms with van der Waals surface area (Å²) < 4.78 is 7.03. The predicted octanol–water partition coefficient (Wildman–Crippen LogP) is 1.22. The van der Waals surface area contributed by atoms with E-state index in [2.05, 4.69) is 16.8 Å². The molecule has 0 aliphatic carbocycles. The van der Waals surface area contributed by atoms with Gasteiger partial charge in [0.1, 0.15) is 5.65 Å². The second-order valence-electron chi connectivity index (χ2n) is 5.36. The molecule has 2 aromatic rings. The van der Waals surface area contributed by atoms with Crippen LogP contribution in [0.2, 0.25) is 0 Å². The minimum Gasteiger partial charge on any atom is -0.379 e. The normalized spacial score (nSPS) is 20.4. The number of ether oxygens (including phenoxy) is 1. The number of morpholine rings is 1. The molecule has 3 heterocycles. The molecule has 0 aromatic carbocycles. The monoisotopic (exact) mass is 273 g/mol. The molecule has 106 valence electrons. The number of nitrogens with zero attached hydrogens (tertiary/aromatic N) is 3. The summed E-state index contributed by atoms with van der Waals surface area (Å²) >= 11 is 0. The summed E-state index contributed by atoms with van der Waals surface area (Å²) in [4.78, 5) is 19.1. The average molecular weight is 273 g/mol. The van der Waals surface area contributed by atoms with Crippen LogP contribution in [-0.2, 0) is 11.3 Å². The van der Waals surface area contributed by atoms with Crippen LogP contribution in [0.5, 0.6) is 0 Å². The Morgan fingerprint density at radius 3 is 3.15 bits per heavy atom. The number of aryl methyl sites for hydroxylation is 1. The van der Waals surface area contributed by atoms with Gasteiger partial charge in [0.15, 0.2) is 0 Å². The van der Waals surface area contributed by atoms with Crippen molar-refractivity contribution in [1.29, 1.82) is 0 Å². The number of hydrogen-bond donors (Lipinski definition) is 0. The molecule has 0 amide bonds. The van der Waals surface area contributed by atoms with E-state index in [1.807, 2.05) is 19.1 Å². The lowest BCUT2D eigenvalue weighted by Crippen LogP contribution is -2.43. The quantitative estimate of drug-likeness (QED) is 0.825. The van der Waals surface area contributed by atoms with Crippen molar-refractivity contribution in [3.63, 3.8) is 0 Å². The molecule has 0 spiro atoms. The predicted molar refractivity (Wildman–Crippen MR) is 76.9 cm³/mol. The first kappa shape index (κ1) is 13.3. The maximum Gasteiger partial charge on any atom is 0.258 e. The third kappa shape index (κ3) is 2.46. The molecule has 0 N–H and O–H groups in total. The zero-order chi connectivity index (χ0) is 14.1. The van der Waals surface area contributed by atoms with E-state index in [0.717, 1.165) is 36.7 Å². The number of aromatic nitrogens is 2. The van der Waals surface area contributed by atoms with Crippen LogP contribution >= 0.6 is 0 Å². The van der Waals surface area contributed by atoms with Crippen molar-refractivity contribution in [2.24, 2.45) is 0 Å². The van der Waals surface area contributed by atoms with Gasteiger partial charge in [0, 0.05) is 31.4 Å². The second kappa shape index (κ2) is 5.34. The van der Waals surface area contributed by atoms with Gasteiger partial charge in [-0.15, -0.1) is 0 Å². The van der Waals surface area contributed by atoms with Crippen molar-refractivity contribution >= 4 is 5.65 Å². The molecule has 1 aliphatic heterocycles. The van der Waals surface area contributed by atoms with Gasteiger partial charge in [-0.2, -0.15) is 0 Å². The van der Waals surface area contributed by atoms with E-state index in [4.69, 9.17) is 4.74 Å². The maximum absolute atomic E-state index is 12.2. The molecule has 5 heteroatoms. The summed E-state index contributed by atoms with van der Waals surface area (Å²) in [5, 5.41) is 0. The van der Waals surface area contributed by atoms with E-state index >= 15 is 0 Å². The molecule has 1 atom stereocenters. The SMILES string of the molecule is Cc1cccn2c(=O)cc(CN3CCOCC3C)nc12. The minimum atomic E-state index is -0.0189. The smallest absolute Gasteiger partial charge is 0.258 e. The fourth-order valence-electron chi connectivity index (χ4n) is 2.59. The van der Waals surface area contributed by atoms with E-state index in [1.165, 1.54) is 0 Å². The van der Waals surface area contributed by atoms with Crippen LogP contribution in [0, 0.1) is 6.92 Å². The van der Waals surface area contributed by atoms with Gasteiger partial charge in [-0.3, -0.25) is 14.1 Å². The molecule has 1 unspecified atom stereocenters. The second-order valence-corrected chi connectivity index (χ2v) is 5.36. The Balaban J connectivity index is 1.96. The van der Waals surface area contributed by atoms with Crippen molar-refractivity contribution in [2.75, 3.05) is 19.8 Å². The molecule has 20 heavy (non-hydrogen) atoms. The third-order valence-corrected chi connectivity index (χ3v) is 3.81. The number of fused-ring (bicyclic) bond motifs is 1. The van der Waals surface area contributed by atoms with E-state index in [1.54, 1.807) is 16.7 Å². The highest BCUT2D eigenvalue weighted by Crippen LogP contribution is 2.11. The van der Waals surface area contributed by atoms with Crippen LogP contribution in [0.4, 0.5) is 0 Å². The maximum atomic E-state index is 12.2. The summed E-state index contributed by atoms with van der Waals surface area (Å²) in [6, 6.07) is 5.84. The van der Waals surface area contributed by atoms with E-state index in [9.17, 15) is 4.79 Å². The first-order valence-corrected chi connectivity index (χ1v) is 6.95. The van der Waals surface area contributed by atoms with Crippen LogP contribution in [0.15, 0.2) is 29.2 Å². The van der Waals surface area contributed by atoms with Gasteiger partial charge in [-0.25, -0.2) is 4.98 Å². The molecule has 1 fully saturated rings. The zero-order valence-electron chi connectivity index (χ0n) is 11.9. The van der Waals surface area contributed by atoms with Crippen molar-refractivity contribution in [2.45, 2.75) is 26.4 Å². The highest BCUT2D eigenvalue weighted by atomic mass is 16.5. The zero-order valence-corrected chi connectivity index (χ0v) is 11.9. The topological polar surface area (TPSA) is 46.8 Å². The van der Waals surface area contributed by atoms with Crippen molar-refractivity contribution < 1.29 is 4.74 Å². The van der Waals surface area contributed by atoms with E-state index in [0.29, 0.717) is 12.6 Å². The Labute approximate surface area is 117 Å². The summed E-state index contributed by atoms with van der Waals surface area (Å²) in [6.07, 6.45) is 1.76. The Morgan fingerprint density at radius 2 is 2.35 bits per heavy atom. The highest BCUT2D eigenvalue weighted by molar-refractivity contribution is 5.46. The van der Waals surface area contributed by atoms with Crippen LogP contribution in [0.25, 0.3) is 5.65 Å². The fourth-order valence-corrected chi connectivity index (χ4v) is 2.59. The summed E-state index contributed by atoms with van der Waals surface area (Å²) in [7, 11) is 0. The number of rotatable bonds is 2. The van der Waals surface area contributed by atoms with Crippen LogP contribution < -0.4 is 5.56 Å². The third-order valence-electron chi connectivity index (χ3n) is 3.81. The Kier molecular flexibility index (Phi) is 3.54. The minimum absolute atomic E-state index is 0.0189. The van der Waals surface area contributed by atoms with Crippen LogP contribution in [0.1, 0.15) is 18.2 Å². The van der Waals surface area contributed by atoms with Gasteiger partial charge >= 0.3 is 0 Å². The van der Waals surface area contributed by atoms with Gasteiger partial charge in [0.25, 0.3) is 5.56 Å². The molecule has 5 nitrogen and oxygen atoms in total. The first-order chi connectivity index (χ1) is 9.65. The van der Waals surface area contributed by atoms with Crippen LogP contribution in [0.3, 0.4) is 0 Å². The van der Waals surface area contributed by atoms with Crippen LogP contribution in [-0.4, -0.2) is 40.1 Å². The first-order valence-electron chi connectivity index (χ1n) is 6.95. The molecular weight excluding hydrogens is 254 g/mol. The van der Waals surface area contributed by atoms with E-state index < -0.39 is 0 Å². The molecule has 1 aliphatic rings. The lowest BCUT2D eigenvalue weighted by molar-refractivity contribution is -0.00490. The molecule has 0 saturated carbocycles. The van der Waals surface area contributed by atoms with Crippen molar-refractivity contribution in [3.8, 4) is 0 Å². The largest absolute Gasteiger partial charge is 0.379 e. The molecule has 3 rings (SSSR count). The van der Waals surface area contributed by atoms with E-state index in [-0.39, 0.29) is 5.56 Å². The standard InChI is InChI=1S/C15H19N3O2/c1-11-4-3-5-18-14(19)8-13(16-15(11)18)9-17-6-7-20-10-12(17)2/h3-5,8,12H,6-7,9-10H2,1-2H3. The summed E-state index contributed by atoms with van der Waals surface area (Å²) in [5.74, 6) is 0. The molecule has 2 aromatic heterocycles. The fraction of sp³-hybridized carbons (Fsp3) is 0.467. The Morgan fingerprint density at radius 1 is 1.50 bits per heavy atom. The molecule has 0 bridgehead atoms. The summed E-state index contributed by atoms with van der Waals surface area (Å²) in [6.45, 7) is 7.18. The summed E-state index contributed by atoms with van der Waals surface area (Å²) in [5.41, 5.74) is 2.57. The average Bonchev–Trinajstić information content (AvgIpc) is 2.43.